The van der Waals surface area contributed by atoms with Crippen LogP contribution in [0.2, 0.25) is 0 Å². The number of hydrogen-bond acceptors (Lipinski definition) is 6. The van der Waals surface area contributed by atoms with Gasteiger partial charge in [-0.15, -0.1) is 0 Å². The van der Waals surface area contributed by atoms with Crippen LogP contribution in [-0.4, -0.2) is 43.7 Å². The Hall–Kier alpha value is -2.90. The zero-order valence-corrected chi connectivity index (χ0v) is 16.3. The van der Waals surface area contributed by atoms with Gasteiger partial charge in [-0.05, 0) is 30.2 Å². The van der Waals surface area contributed by atoms with Gasteiger partial charge < -0.3 is 18.9 Å². The van der Waals surface area contributed by atoms with Crippen molar-refractivity contribution >= 4 is 5.97 Å². The Labute approximate surface area is 169 Å². The van der Waals surface area contributed by atoms with Crippen LogP contribution < -0.4 is 0 Å². The molecule has 3 rings (SSSR count). The molecule has 2 aromatic rings. The van der Waals surface area contributed by atoms with E-state index in [4.69, 9.17) is 24.5 Å². The van der Waals surface area contributed by atoms with Crippen LogP contribution in [0, 0.1) is 0 Å². The summed E-state index contributed by atoms with van der Waals surface area (Å²) in [5.41, 5.74) is 10.3. The first kappa shape index (κ1) is 20.8. The Kier molecular flexibility index (Phi) is 7.21. The lowest BCUT2D eigenvalue weighted by Crippen LogP contribution is -2.58. The van der Waals surface area contributed by atoms with Gasteiger partial charge in [-0.1, -0.05) is 53.6 Å². The summed E-state index contributed by atoms with van der Waals surface area (Å²) >= 11 is 0. The molecule has 0 spiro atoms. The molecule has 0 amide bonds. The van der Waals surface area contributed by atoms with Crippen molar-refractivity contribution in [3.8, 4) is 0 Å². The van der Waals surface area contributed by atoms with E-state index in [-0.39, 0.29) is 6.61 Å². The van der Waals surface area contributed by atoms with Gasteiger partial charge in [0.25, 0.3) is 0 Å². The smallest absolute Gasteiger partial charge is 0.338 e. The number of ether oxygens (including phenoxy) is 4. The molecule has 1 aliphatic rings. The Bertz CT molecular complexity index is 842. The minimum atomic E-state index is -0.879. The summed E-state index contributed by atoms with van der Waals surface area (Å²) in [4.78, 5) is 15.6. The maximum atomic E-state index is 12.7. The minimum absolute atomic E-state index is 0.255. The molecule has 0 radical (unpaired) electrons. The van der Waals surface area contributed by atoms with E-state index < -0.39 is 36.6 Å². The van der Waals surface area contributed by atoms with Gasteiger partial charge in [0.1, 0.15) is 18.2 Å². The Morgan fingerprint density at radius 2 is 1.76 bits per heavy atom. The largest absolute Gasteiger partial charge is 0.455 e. The van der Waals surface area contributed by atoms with Crippen LogP contribution in [0.15, 0.2) is 65.8 Å². The maximum Gasteiger partial charge on any atom is 0.338 e. The molecular weight excluding hydrogens is 374 g/mol. The molecule has 4 unspecified atom stereocenters. The second-order valence-electron chi connectivity index (χ2n) is 6.64. The van der Waals surface area contributed by atoms with Crippen LogP contribution in [0.4, 0.5) is 0 Å². The van der Waals surface area contributed by atoms with Gasteiger partial charge in [0.15, 0.2) is 6.29 Å². The molecule has 0 aliphatic carbocycles. The Morgan fingerprint density at radius 1 is 1.10 bits per heavy atom. The fourth-order valence-corrected chi connectivity index (χ4v) is 3.24. The first-order valence-corrected chi connectivity index (χ1v) is 9.28. The van der Waals surface area contributed by atoms with E-state index in [9.17, 15) is 4.79 Å². The molecule has 0 saturated carbocycles. The maximum absolute atomic E-state index is 12.7. The van der Waals surface area contributed by atoms with Crippen molar-refractivity contribution in [3.63, 3.8) is 0 Å². The van der Waals surface area contributed by atoms with Crippen molar-refractivity contribution in [2.45, 2.75) is 44.2 Å². The van der Waals surface area contributed by atoms with Crippen LogP contribution in [0.25, 0.3) is 10.4 Å². The molecule has 1 saturated heterocycles. The molecule has 8 nitrogen and oxygen atoms in total. The predicted octanol–water partition coefficient (Wildman–Crippen LogP) is 3.87. The van der Waals surface area contributed by atoms with Gasteiger partial charge in [0.05, 0.1) is 18.3 Å². The predicted molar refractivity (Wildman–Crippen MR) is 105 cm³/mol. The second kappa shape index (κ2) is 10.0. The SMILES string of the molecule is CO[C@H]1OC(C)C(N=[N+]=[N-])C(OC(=O)c2ccccc2)C1OCc1ccccc1. The van der Waals surface area contributed by atoms with Gasteiger partial charge >= 0.3 is 5.97 Å². The summed E-state index contributed by atoms with van der Waals surface area (Å²) in [5, 5.41) is 3.81. The number of methoxy groups -OCH3 is 1. The fraction of sp³-hybridized carbons (Fsp3) is 0.381. The number of carbonyl (C=O) groups is 1. The summed E-state index contributed by atoms with van der Waals surface area (Å²) in [6.07, 6.45) is -2.97. The summed E-state index contributed by atoms with van der Waals surface area (Å²) in [6.45, 7) is 1.99. The van der Waals surface area contributed by atoms with E-state index >= 15 is 0 Å². The topological polar surface area (TPSA) is 103 Å². The van der Waals surface area contributed by atoms with Crippen LogP contribution in [0.5, 0.6) is 0 Å². The monoisotopic (exact) mass is 397 g/mol. The lowest BCUT2D eigenvalue weighted by molar-refractivity contribution is -0.273. The van der Waals surface area contributed by atoms with Crippen LogP contribution in [0.1, 0.15) is 22.8 Å². The number of hydrogen-bond donors (Lipinski definition) is 0. The van der Waals surface area contributed by atoms with Gasteiger partial charge in [0.2, 0.25) is 0 Å². The Morgan fingerprint density at radius 3 is 2.38 bits per heavy atom. The highest BCUT2D eigenvalue weighted by molar-refractivity contribution is 5.89. The minimum Gasteiger partial charge on any atom is -0.455 e. The fourth-order valence-electron chi connectivity index (χ4n) is 3.24. The number of benzene rings is 2. The van der Waals surface area contributed by atoms with Gasteiger partial charge in [-0.25, -0.2) is 4.79 Å². The molecule has 2 aromatic carbocycles. The first-order valence-electron chi connectivity index (χ1n) is 9.28. The van der Waals surface area contributed by atoms with E-state index in [1.54, 1.807) is 31.2 Å². The lowest BCUT2D eigenvalue weighted by Gasteiger charge is -2.42. The van der Waals surface area contributed by atoms with E-state index in [1.165, 1.54) is 7.11 Å². The van der Waals surface area contributed by atoms with Crippen molar-refractivity contribution < 1.29 is 23.7 Å². The van der Waals surface area contributed by atoms with Gasteiger partial charge in [-0.3, -0.25) is 0 Å². The Balaban J connectivity index is 1.86. The number of rotatable bonds is 7. The average molecular weight is 397 g/mol. The summed E-state index contributed by atoms with van der Waals surface area (Å²) < 4.78 is 23.0. The molecule has 1 aliphatic heterocycles. The van der Waals surface area contributed by atoms with Crippen LogP contribution in [-0.2, 0) is 25.6 Å². The molecule has 0 aromatic heterocycles. The number of carbonyl (C=O) groups excluding carboxylic acids is 1. The molecular formula is C21H23N3O5. The molecule has 152 valence electrons. The number of azide groups is 1. The van der Waals surface area contributed by atoms with Crippen molar-refractivity contribution in [2.24, 2.45) is 5.11 Å². The van der Waals surface area contributed by atoms with E-state index in [0.717, 1.165) is 5.56 Å². The summed E-state index contributed by atoms with van der Waals surface area (Å²) in [6, 6.07) is 17.4. The normalized spacial score (nSPS) is 26.3. The van der Waals surface area contributed by atoms with Crippen molar-refractivity contribution in [2.75, 3.05) is 7.11 Å². The number of nitrogens with zero attached hydrogens (tertiary/aromatic N) is 3. The molecule has 0 bridgehead atoms. The van der Waals surface area contributed by atoms with Crippen molar-refractivity contribution in [1.29, 1.82) is 0 Å². The average Bonchev–Trinajstić information content (AvgIpc) is 2.76. The van der Waals surface area contributed by atoms with Gasteiger partial charge in [-0.2, -0.15) is 0 Å². The molecule has 1 heterocycles. The third kappa shape index (κ3) is 5.13. The van der Waals surface area contributed by atoms with Crippen molar-refractivity contribution in [1.82, 2.24) is 0 Å². The van der Waals surface area contributed by atoms with Gasteiger partial charge in [0, 0.05) is 12.0 Å². The number of esters is 1. The quantitative estimate of drug-likeness (QED) is 0.305. The first-order chi connectivity index (χ1) is 14.1. The molecule has 1 fully saturated rings. The highest BCUT2D eigenvalue weighted by Gasteiger charge is 2.47. The zero-order chi connectivity index (χ0) is 20.6. The second-order valence-corrected chi connectivity index (χ2v) is 6.64. The van der Waals surface area contributed by atoms with E-state index in [1.807, 2.05) is 36.4 Å². The summed E-state index contributed by atoms with van der Waals surface area (Å²) in [7, 11) is 1.49. The highest BCUT2D eigenvalue weighted by atomic mass is 16.7. The molecule has 8 heteroatoms. The van der Waals surface area contributed by atoms with Crippen molar-refractivity contribution in [3.05, 3.63) is 82.2 Å². The van der Waals surface area contributed by atoms with Crippen LogP contribution >= 0.6 is 0 Å². The van der Waals surface area contributed by atoms with E-state index in [2.05, 4.69) is 10.0 Å². The molecule has 5 atom stereocenters. The lowest BCUT2D eigenvalue weighted by atomic mass is 9.97. The standard InChI is InChI=1S/C21H23N3O5/c1-14-17(23-24-22)18(29-20(25)16-11-7-4-8-12-16)19(21(26-2)28-14)27-13-15-9-5-3-6-10-15/h3-12,14,17-19,21H,13H2,1-2H3/t14?,17?,18?,19?,21-/m0/s1. The third-order valence-corrected chi connectivity index (χ3v) is 4.71. The van der Waals surface area contributed by atoms with Crippen LogP contribution in [0.3, 0.4) is 0 Å². The molecule has 0 N–H and O–H groups in total. The third-order valence-electron chi connectivity index (χ3n) is 4.71. The zero-order valence-electron chi connectivity index (χ0n) is 16.3. The molecule has 29 heavy (non-hydrogen) atoms. The summed E-state index contributed by atoms with van der Waals surface area (Å²) in [5.74, 6) is -0.536. The van der Waals surface area contributed by atoms with E-state index in [0.29, 0.717) is 5.56 Å². The highest BCUT2D eigenvalue weighted by Crippen LogP contribution is 2.30.